The number of nitrogens with one attached hydrogen (secondary N) is 1. The van der Waals surface area contributed by atoms with E-state index in [4.69, 9.17) is 24.4 Å². The second-order valence-electron chi connectivity index (χ2n) is 12.3. The number of amides is 1. The minimum Gasteiger partial charge on any atom is -0.507 e. The van der Waals surface area contributed by atoms with E-state index in [0.717, 1.165) is 58.3 Å². The number of hydrogen-bond donors (Lipinski definition) is 3. The highest BCUT2D eigenvalue weighted by Gasteiger charge is 2.26. The van der Waals surface area contributed by atoms with Crippen molar-refractivity contribution in [2.75, 3.05) is 7.11 Å². The number of aromatic carboxylic acids is 1. The normalized spacial score (nSPS) is 13.1. The quantitative estimate of drug-likeness (QED) is 0.112. The number of carbonyl (C=O) groups is 3. The third-order valence-corrected chi connectivity index (χ3v) is 9.56. The molecule has 53 heavy (non-hydrogen) atoms. The van der Waals surface area contributed by atoms with E-state index < -0.39 is 18.0 Å². The van der Waals surface area contributed by atoms with Gasteiger partial charge in [0.1, 0.15) is 34.6 Å². The number of carboxylic acids is 1. The van der Waals surface area contributed by atoms with Crippen LogP contribution in [0.2, 0.25) is 0 Å². The third-order valence-electron chi connectivity index (χ3n) is 8.57. The molecule has 9 nitrogen and oxygen atoms in total. The van der Waals surface area contributed by atoms with E-state index in [1.807, 2.05) is 84.9 Å². The van der Waals surface area contributed by atoms with Crippen molar-refractivity contribution in [2.45, 2.75) is 50.7 Å². The number of esters is 1. The van der Waals surface area contributed by atoms with Crippen LogP contribution in [0.3, 0.4) is 0 Å². The van der Waals surface area contributed by atoms with E-state index in [1.165, 1.54) is 25.7 Å². The van der Waals surface area contributed by atoms with Gasteiger partial charge in [-0.05, 0) is 91.4 Å². The number of carboxylic acid groups (broad SMARTS) is 1. The second kappa shape index (κ2) is 19.1. The first-order valence-electron chi connectivity index (χ1n) is 17.1. The number of rotatable bonds is 11. The standard InChI is InChI=1S/C35H34BrNO5.C7H5BrO3/c1-40-35(39)31(37-34(38)30-23-26(36)20-21-33(30)42-28-12-6-3-7-13-28)22-24-16-18-25(19-17-24)29-14-8-9-15-32(29)41-27-10-4-2-5-11-27;8-4-1-2-6(9)5(3-4)7(10)11/h2,4-5,8-11,14-21,23,28,31H,3,6-7,12-13,22H2,1H3,(H,37,38);1-3,9H,(H,10,11)/t31-;/m0./s1. The number of carbonyl (C=O) groups excluding carboxylic acids is 2. The fraction of sp³-hybridized carbons (Fsp3) is 0.214. The zero-order valence-electron chi connectivity index (χ0n) is 29.0. The SMILES string of the molecule is COC(=O)[C@H](Cc1ccc(-c2ccccc2Oc2ccccc2)cc1)NC(=O)c1cc(Br)ccc1OC1CCCCC1.O=C(O)c1cc(Br)ccc1O. The number of hydrogen-bond acceptors (Lipinski definition) is 7. The van der Waals surface area contributed by atoms with Gasteiger partial charge >= 0.3 is 11.9 Å². The zero-order valence-corrected chi connectivity index (χ0v) is 32.1. The Morgan fingerprint density at radius 1 is 0.774 bits per heavy atom. The molecule has 3 N–H and O–H groups in total. The van der Waals surface area contributed by atoms with Crippen LogP contribution in [-0.2, 0) is 16.0 Å². The Morgan fingerprint density at radius 3 is 2.08 bits per heavy atom. The minimum absolute atomic E-state index is 0.0876. The summed E-state index contributed by atoms with van der Waals surface area (Å²) < 4.78 is 18.8. The molecular formula is C42H39Br2NO8. The highest BCUT2D eigenvalue weighted by Crippen LogP contribution is 2.34. The zero-order chi connectivity index (χ0) is 37.7. The van der Waals surface area contributed by atoms with Gasteiger partial charge in [0.15, 0.2) is 0 Å². The first-order chi connectivity index (χ1) is 25.6. The van der Waals surface area contributed by atoms with E-state index in [2.05, 4.69) is 37.2 Å². The highest BCUT2D eigenvalue weighted by atomic mass is 79.9. The van der Waals surface area contributed by atoms with Crippen molar-refractivity contribution in [3.05, 3.63) is 141 Å². The molecule has 0 spiro atoms. The van der Waals surface area contributed by atoms with Gasteiger partial charge < -0.3 is 29.7 Å². The molecule has 0 radical (unpaired) electrons. The van der Waals surface area contributed by atoms with Gasteiger partial charge in [-0.15, -0.1) is 0 Å². The Bertz CT molecular complexity index is 2010. The second-order valence-corrected chi connectivity index (χ2v) is 14.2. The average molecular weight is 846 g/mol. The molecule has 0 aromatic heterocycles. The lowest BCUT2D eigenvalue weighted by Gasteiger charge is -2.24. The smallest absolute Gasteiger partial charge is 0.339 e. The fourth-order valence-corrected chi connectivity index (χ4v) is 6.58. The Hall–Kier alpha value is -5.13. The summed E-state index contributed by atoms with van der Waals surface area (Å²) in [5.41, 5.74) is 3.09. The third kappa shape index (κ3) is 11.2. The summed E-state index contributed by atoms with van der Waals surface area (Å²) in [6, 6.07) is 34.2. The van der Waals surface area contributed by atoms with Crippen LogP contribution in [0, 0.1) is 0 Å². The van der Waals surface area contributed by atoms with Gasteiger partial charge in [0, 0.05) is 20.9 Å². The molecule has 1 amide bonds. The Labute approximate surface area is 325 Å². The molecule has 1 saturated carbocycles. The first-order valence-corrected chi connectivity index (χ1v) is 18.7. The van der Waals surface area contributed by atoms with Crippen LogP contribution < -0.4 is 14.8 Å². The maximum absolute atomic E-state index is 13.5. The van der Waals surface area contributed by atoms with E-state index in [9.17, 15) is 14.4 Å². The average Bonchev–Trinajstić information content (AvgIpc) is 3.17. The van der Waals surface area contributed by atoms with Crippen LogP contribution >= 0.6 is 31.9 Å². The molecule has 0 aliphatic heterocycles. The van der Waals surface area contributed by atoms with Gasteiger partial charge in [-0.1, -0.05) is 98.9 Å². The summed E-state index contributed by atoms with van der Waals surface area (Å²) in [6.07, 6.45) is 5.76. The molecule has 0 heterocycles. The van der Waals surface area contributed by atoms with Gasteiger partial charge in [-0.3, -0.25) is 4.79 Å². The molecule has 1 atom stereocenters. The van der Waals surface area contributed by atoms with E-state index in [1.54, 1.807) is 18.2 Å². The number of para-hydroxylation sites is 2. The van der Waals surface area contributed by atoms with E-state index in [0.29, 0.717) is 15.8 Å². The van der Waals surface area contributed by atoms with Gasteiger partial charge in [0.2, 0.25) is 0 Å². The fourth-order valence-electron chi connectivity index (χ4n) is 5.86. The lowest BCUT2D eigenvalue weighted by molar-refractivity contribution is -0.142. The molecule has 11 heteroatoms. The summed E-state index contributed by atoms with van der Waals surface area (Å²) in [7, 11) is 1.32. The summed E-state index contributed by atoms with van der Waals surface area (Å²) in [5, 5.41) is 20.4. The van der Waals surface area contributed by atoms with Crippen molar-refractivity contribution in [1.82, 2.24) is 5.32 Å². The van der Waals surface area contributed by atoms with Crippen LogP contribution in [0.25, 0.3) is 11.1 Å². The Balaban J connectivity index is 0.000000422. The molecule has 1 aliphatic rings. The number of benzene rings is 5. The maximum Gasteiger partial charge on any atom is 0.339 e. The van der Waals surface area contributed by atoms with Gasteiger partial charge in [-0.2, -0.15) is 0 Å². The number of phenols is 1. The van der Waals surface area contributed by atoms with Crippen LogP contribution in [-0.4, -0.2) is 47.3 Å². The van der Waals surface area contributed by atoms with Crippen LogP contribution in [0.5, 0.6) is 23.0 Å². The summed E-state index contributed by atoms with van der Waals surface area (Å²) in [6.45, 7) is 0. The first kappa shape index (κ1) is 39.1. The maximum atomic E-state index is 13.5. The van der Waals surface area contributed by atoms with Crippen molar-refractivity contribution < 1.29 is 38.8 Å². The van der Waals surface area contributed by atoms with Crippen LogP contribution in [0.1, 0.15) is 58.4 Å². The molecule has 0 bridgehead atoms. The van der Waals surface area contributed by atoms with Crippen molar-refractivity contribution in [3.8, 4) is 34.1 Å². The predicted molar refractivity (Wildman–Crippen MR) is 210 cm³/mol. The van der Waals surface area contributed by atoms with Crippen LogP contribution in [0.15, 0.2) is 124 Å². The molecule has 274 valence electrons. The van der Waals surface area contributed by atoms with E-state index in [-0.39, 0.29) is 29.7 Å². The number of ether oxygens (including phenoxy) is 3. The molecule has 0 saturated heterocycles. The molecule has 5 aromatic rings. The molecule has 1 aliphatic carbocycles. The number of aromatic hydroxyl groups is 1. The predicted octanol–water partition coefficient (Wildman–Crippen LogP) is 9.99. The largest absolute Gasteiger partial charge is 0.507 e. The summed E-state index contributed by atoms with van der Waals surface area (Å²) >= 11 is 6.56. The minimum atomic E-state index is -1.14. The molecule has 5 aromatic carbocycles. The van der Waals surface area contributed by atoms with Gasteiger partial charge in [0.25, 0.3) is 5.91 Å². The highest BCUT2D eigenvalue weighted by molar-refractivity contribution is 9.10. The molecule has 6 rings (SSSR count). The van der Waals surface area contributed by atoms with Gasteiger partial charge in [-0.25, -0.2) is 9.59 Å². The summed E-state index contributed by atoms with van der Waals surface area (Å²) in [4.78, 5) is 36.6. The van der Waals surface area contributed by atoms with Crippen molar-refractivity contribution in [2.24, 2.45) is 0 Å². The van der Waals surface area contributed by atoms with Crippen molar-refractivity contribution in [1.29, 1.82) is 0 Å². The number of methoxy groups -OCH3 is 1. The van der Waals surface area contributed by atoms with Crippen molar-refractivity contribution >= 4 is 49.7 Å². The summed E-state index contributed by atoms with van der Waals surface area (Å²) in [5.74, 6) is -0.233. The van der Waals surface area contributed by atoms with Crippen molar-refractivity contribution in [3.63, 3.8) is 0 Å². The molecule has 1 fully saturated rings. The van der Waals surface area contributed by atoms with Crippen LogP contribution in [0.4, 0.5) is 0 Å². The molecule has 0 unspecified atom stereocenters. The Kier molecular flexibility index (Phi) is 14.1. The number of halogens is 2. The molecular weight excluding hydrogens is 806 g/mol. The topological polar surface area (TPSA) is 131 Å². The lowest BCUT2D eigenvalue weighted by Crippen LogP contribution is -2.43. The monoisotopic (exact) mass is 843 g/mol. The van der Waals surface area contributed by atoms with Gasteiger partial charge in [0.05, 0.1) is 18.8 Å². The lowest BCUT2D eigenvalue weighted by atomic mass is 9.97. The Morgan fingerprint density at radius 2 is 1.42 bits per heavy atom. The van der Waals surface area contributed by atoms with E-state index >= 15 is 0 Å².